The van der Waals surface area contributed by atoms with Gasteiger partial charge >= 0.3 is 5.97 Å². The molecule has 0 aliphatic carbocycles. The van der Waals surface area contributed by atoms with Crippen LogP contribution in [0.4, 0.5) is 0 Å². The molecule has 94 valence electrons. The van der Waals surface area contributed by atoms with E-state index in [0.29, 0.717) is 0 Å². The van der Waals surface area contributed by atoms with Crippen LogP contribution in [0, 0.1) is 0 Å². The van der Waals surface area contributed by atoms with E-state index in [9.17, 15) is 4.79 Å². The fourth-order valence-electron chi connectivity index (χ4n) is 2.91. The Balaban J connectivity index is 1.88. The highest BCUT2D eigenvalue weighted by Gasteiger charge is 2.13. The number of nitrogens with zero attached hydrogens (tertiary/aromatic N) is 1. The first-order chi connectivity index (χ1) is 8.74. The van der Waals surface area contributed by atoms with Gasteiger partial charge in [-0.25, -0.2) is 0 Å². The molecule has 0 unspecified atom stereocenters. The van der Waals surface area contributed by atoms with Crippen LogP contribution in [0.1, 0.15) is 30.4 Å². The molecule has 3 rings (SSSR count). The SMILES string of the molecule is O=C(O)CCCc1cc2c3c(ccn3CCC2)c1. The summed E-state index contributed by atoms with van der Waals surface area (Å²) in [5.41, 5.74) is 4.08. The minimum atomic E-state index is -0.705. The molecular formula is C15H17NO2. The van der Waals surface area contributed by atoms with Crippen LogP contribution in [0.2, 0.25) is 0 Å². The molecule has 0 spiro atoms. The maximum Gasteiger partial charge on any atom is 0.303 e. The Bertz CT molecular complexity index is 598. The van der Waals surface area contributed by atoms with Gasteiger partial charge in [-0.05, 0) is 48.9 Å². The Morgan fingerprint density at radius 1 is 1.39 bits per heavy atom. The van der Waals surface area contributed by atoms with Crippen molar-refractivity contribution < 1.29 is 9.90 Å². The minimum Gasteiger partial charge on any atom is -0.481 e. The van der Waals surface area contributed by atoms with Gasteiger partial charge < -0.3 is 9.67 Å². The number of rotatable bonds is 4. The van der Waals surface area contributed by atoms with Gasteiger partial charge in [0.2, 0.25) is 0 Å². The second kappa shape index (κ2) is 4.48. The van der Waals surface area contributed by atoms with Crippen molar-refractivity contribution in [2.24, 2.45) is 0 Å². The Labute approximate surface area is 106 Å². The van der Waals surface area contributed by atoms with Crippen molar-refractivity contribution in [1.82, 2.24) is 4.57 Å². The molecule has 1 N–H and O–H groups in total. The second-order valence-electron chi connectivity index (χ2n) is 5.05. The molecule has 3 nitrogen and oxygen atoms in total. The van der Waals surface area contributed by atoms with Crippen molar-refractivity contribution in [3.8, 4) is 0 Å². The van der Waals surface area contributed by atoms with Crippen LogP contribution in [0.25, 0.3) is 10.9 Å². The third kappa shape index (κ3) is 2.01. The van der Waals surface area contributed by atoms with Gasteiger partial charge in [0.25, 0.3) is 0 Å². The van der Waals surface area contributed by atoms with E-state index in [2.05, 4.69) is 29.0 Å². The highest BCUT2D eigenvalue weighted by molar-refractivity contribution is 5.84. The molecule has 1 aromatic carbocycles. The second-order valence-corrected chi connectivity index (χ2v) is 5.05. The third-order valence-electron chi connectivity index (χ3n) is 3.70. The zero-order valence-electron chi connectivity index (χ0n) is 10.4. The molecule has 1 aliphatic rings. The van der Waals surface area contributed by atoms with Crippen LogP contribution < -0.4 is 0 Å². The number of benzene rings is 1. The van der Waals surface area contributed by atoms with E-state index < -0.39 is 5.97 Å². The van der Waals surface area contributed by atoms with E-state index in [1.54, 1.807) is 0 Å². The average Bonchev–Trinajstić information content (AvgIpc) is 2.74. The fourth-order valence-corrected chi connectivity index (χ4v) is 2.91. The van der Waals surface area contributed by atoms with E-state index in [-0.39, 0.29) is 6.42 Å². The first-order valence-corrected chi connectivity index (χ1v) is 6.56. The highest BCUT2D eigenvalue weighted by atomic mass is 16.4. The molecule has 1 aromatic heterocycles. The summed E-state index contributed by atoms with van der Waals surface area (Å²) < 4.78 is 2.33. The predicted molar refractivity (Wildman–Crippen MR) is 70.8 cm³/mol. The molecule has 0 fully saturated rings. The fraction of sp³-hybridized carbons (Fsp3) is 0.400. The quantitative estimate of drug-likeness (QED) is 0.897. The third-order valence-corrected chi connectivity index (χ3v) is 3.70. The maximum atomic E-state index is 10.5. The summed E-state index contributed by atoms with van der Waals surface area (Å²) in [6, 6.07) is 6.65. The topological polar surface area (TPSA) is 42.2 Å². The zero-order chi connectivity index (χ0) is 12.5. The van der Waals surface area contributed by atoms with Gasteiger partial charge in [0.15, 0.2) is 0 Å². The number of hydrogen-bond donors (Lipinski definition) is 1. The summed E-state index contributed by atoms with van der Waals surface area (Å²) in [5.74, 6) is -0.705. The van der Waals surface area contributed by atoms with Crippen LogP contribution in [-0.4, -0.2) is 15.6 Å². The number of carboxylic acids is 1. The Kier molecular flexibility index (Phi) is 2.82. The first kappa shape index (κ1) is 11.3. The lowest BCUT2D eigenvalue weighted by atomic mass is 9.98. The monoisotopic (exact) mass is 243 g/mol. The van der Waals surface area contributed by atoms with E-state index in [1.807, 2.05) is 0 Å². The van der Waals surface area contributed by atoms with Crippen LogP contribution in [0.3, 0.4) is 0 Å². The van der Waals surface area contributed by atoms with E-state index in [1.165, 1.54) is 28.5 Å². The van der Waals surface area contributed by atoms with Crippen molar-refractivity contribution in [2.75, 3.05) is 0 Å². The Hall–Kier alpha value is -1.77. The molecule has 0 saturated heterocycles. The molecule has 0 atom stereocenters. The van der Waals surface area contributed by atoms with Crippen LogP contribution in [0.15, 0.2) is 24.4 Å². The molecule has 18 heavy (non-hydrogen) atoms. The standard InChI is InChI=1S/C15H17NO2/c17-14(18)5-1-3-11-9-12-4-2-7-16-8-6-13(10-11)15(12)16/h6,8-10H,1-5,7H2,(H,17,18). The lowest BCUT2D eigenvalue weighted by Gasteiger charge is -2.16. The number of carbonyl (C=O) groups is 1. The van der Waals surface area contributed by atoms with Gasteiger partial charge in [0.1, 0.15) is 0 Å². The first-order valence-electron chi connectivity index (χ1n) is 6.56. The largest absolute Gasteiger partial charge is 0.481 e. The highest BCUT2D eigenvalue weighted by Crippen LogP contribution is 2.28. The number of carboxylic acid groups (broad SMARTS) is 1. The number of aryl methyl sites for hydroxylation is 3. The van der Waals surface area contributed by atoms with Crippen LogP contribution >= 0.6 is 0 Å². The van der Waals surface area contributed by atoms with Crippen LogP contribution in [0.5, 0.6) is 0 Å². The van der Waals surface area contributed by atoms with Crippen molar-refractivity contribution in [3.05, 3.63) is 35.5 Å². The van der Waals surface area contributed by atoms with Gasteiger partial charge in [0, 0.05) is 24.5 Å². The molecule has 0 saturated carbocycles. The number of aromatic nitrogens is 1. The van der Waals surface area contributed by atoms with Crippen molar-refractivity contribution >= 4 is 16.9 Å². The molecular weight excluding hydrogens is 226 g/mol. The van der Waals surface area contributed by atoms with Crippen molar-refractivity contribution in [2.45, 2.75) is 38.6 Å². The lowest BCUT2D eigenvalue weighted by Crippen LogP contribution is -2.07. The summed E-state index contributed by atoms with van der Waals surface area (Å²) in [6.07, 6.45) is 6.35. The summed E-state index contributed by atoms with van der Waals surface area (Å²) >= 11 is 0. The molecule has 0 amide bonds. The van der Waals surface area contributed by atoms with Crippen LogP contribution in [-0.2, 0) is 24.2 Å². The minimum absolute atomic E-state index is 0.258. The molecule has 0 bridgehead atoms. The van der Waals surface area contributed by atoms with E-state index >= 15 is 0 Å². The lowest BCUT2D eigenvalue weighted by molar-refractivity contribution is -0.137. The van der Waals surface area contributed by atoms with Gasteiger partial charge in [-0.2, -0.15) is 0 Å². The normalized spacial score (nSPS) is 14.0. The number of aliphatic carboxylic acids is 1. The number of hydrogen-bond acceptors (Lipinski definition) is 1. The Morgan fingerprint density at radius 3 is 3.11 bits per heavy atom. The maximum absolute atomic E-state index is 10.5. The molecule has 3 heteroatoms. The molecule has 0 radical (unpaired) electrons. The summed E-state index contributed by atoms with van der Waals surface area (Å²) in [6.45, 7) is 1.12. The van der Waals surface area contributed by atoms with Gasteiger partial charge in [0.05, 0.1) is 5.52 Å². The summed E-state index contributed by atoms with van der Waals surface area (Å²) in [4.78, 5) is 10.5. The summed E-state index contributed by atoms with van der Waals surface area (Å²) in [7, 11) is 0. The van der Waals surface area contributed by atoms with Crippen molar-refractivity contribution in [1.29, 1.82) is 0 Å². The summed E-state index contributed by atoms with van der Waals surface area (Å²) in [5, 5.41) is 9.98. The van der Waals surface area contributed by atoms with Gasteiger partial charge in [-0.3, -0.25) is 4.79 Å². The predicted octanol–water partition coefficient (Wildman–Crippen LogP) is 2.99. The van der Waals surface area contributed by atoms with Gasteiger partial charge in [-0.1, -0.05) is 6.07 Å². The smallest absolute Gasteiger partial charge is 0.303 e. The van der Waals surface area contributed by atoms with Crippen molar-refractivity contribution in [3.63, 3.8) is 0 Å². The van der Waals surface area contributed by atoms with E-state index in [0.717, 1.165) is 25.8 Å². The Morgan fingerprint density at radius 2 is 2.28 bits per heavy atom. The zero-order valence-corrected chi connectivity index (χ0v) is 10.4. The average molecular weight is 243 g/mol. The molecule has 2 aromatic rings. The molecule has 1 aliphatic heterocycles. The van der Waals surface area contributed by atoms with Gasteiger partial charge in [-0.15, -0.1) is 0 Å². The van der Waals surface area contributed by atoms with E-state index in [4.69, 9.17) is 5.11 Å². The molecule has 2 heterocycles.